The highest BCUT2D eigenvalue weighted by atomic mass is 16.6. The van der Waals surface area contributed by atoms with Gasteiger partial charge in [-0.05, 0) is 32.3 Å². The SMILES string of the molecule is C[C@H](/C=C(\c1ccccc1)N1CCOCC1)CC(=O)OC(C)(C)C. The molecule has 24 heavy (non-hydrogen) atoms. The zero-order valence-corrected chi connectivity index (χ0v) is 15.2. The summed E-state index contributed by atoms with van der Waals surface area (Å²) in [5.74, 6) is -0.0430. The number of ether oxygens (including phenoxy) is 2. The van der Waals surface area contributed by atoms with Gasteiger partial charge >= 0.3 is 5.97 Å². The Morgan fingerprint density at radius 1 is 1.25 bits per heavy atom. The minimum atomic E-state index is -0.438. The van der Waals surface area contributed by atoms with Gasteiger partial charge in [0, 0.05) is 18.8 Å². The standard InChI is InChI=1S/C20H29NO3/c1-16(15-19(22)24-20(2,3)4)14-18(17-8-6-5-7-9-17)21-10-12-23-13-11-21/h5-9,14,16H,10-13,15H2,1-4H3/b18-14+/t16-/m1/s1. The van der Waals surface area contributed by atoms with Gasteiger partial charge in [-0.2, -0.15) is 0 Å². The lowest BCUT2D eigenvalue weighted by atomic mass is 10.0. The van der Waals surface area contributed by atoms with Crippen LogP contribution in [-0.4, -0.2) is 42.8 Å². The number of rotatable bonds is 5. The van der Waals surface area contributed by atoms with Crippen LogP contribution in [0.25, 0.3) is 5.70 Å². The average Bonchev–Trinajstić information content (AvgIpc) is 2.52. The van der Waals surface area contributed by atoms with Crippen LogP contribution < -0.4 is 0 Å². The van der Waals surface area contributed by atoms with Crippen molar-refractivity contribution in [2.24, 2.45) is 5.92 Å². The molecule has 4 nitrogen and oxygen atoms in total. The van der Waals surface area contributed by atoms with Crippen LogP contribution in [0.2, 0.25) is 0 Å². The molecule has 1 aromatic carbocycles. The summed E-state index contributed by atoms with van der Waals surface area (Å²) in [6.45, 7) is 11.0. The Kier molecular flexibility index (Phi) is 6.44. The number of allylic oxidation sites excluding steroid dienone is 1. The van der Waals surface area contributed by atoms with Gasteiger partial charge in [0.15, 0.2) is 0 Å². The predicted molar refractivity (Wildman–Crippen MR) is 96.4 cm³/mol. The predicted octanol–water partition coefficient (Wildman–Crippen LogP) is 3.73. The summed E-state index contributed by atoms with van der Waals surface area (Å²) in [7, 11) is 0. The maximum Gasteiger partial charge on any atom is 0.306 e. The molecule has 0 aromatic heterocycles. The normalized spacial score (nSPS) is 17.5. The Morgan fingerprint density at radius 3 is 2.46 bits per heavy atom. The quantitative estimate of drug-likeness (QED) is 0.771. The number of carbonyl (C=O) groups excluding carboxylic acids is 1. The molecule has 0 spiro atoms. The minimum absolute atomic E-state index is 0.109. The van der Waals surface area contributed by atoms with Gasteiger partial charge in [0.25, 0.3) is 0 Å². The molecule has 1 atom stereocenters. The number of esters is 1. The number of benzene rings is 1. The first kappa shape index (κ1) is 18.5. The summed E-state index contributed by atoms with van der Waals surface area (Å²) < 4.78 is 10.9. The summed E-state index contributed by atoms with van der Waals surface area (Å²) in [6.07, 6.45) is 2.57. The lowest BCUT2D eigenvalue weighted by Gasteiger charge is -2.32. The molecule has 0 saturated carbocycles. The van der Waals surface area contributed by atoms with E-state index >= 15 is 0 Å². The van der Waals surface area contributed by atoms with Crippen molar-refractivity contribution in [2.75, 3.05) is 26.3 Å². The second-order valence-electron chi connectivity index (χ2n) is 7.29. The van der Waals surface area contributed by atoms with Crippen molar-refractivity contribution >= 4 is 11.7 Å². The fraction of sp³-hybridized carbons (Fsp3) is 0.550. The first-order valence-electron chi connectivity index (χ1n) is 8.67. The molecule has 4 heteroatoms. The summed E-state index contributed by atoms with van der Waals surface area (Å²) in [5.41, 5.74) is 1.91. The molecule has 0 aliphatic carbocycles. The van der Waals surface area contributed by atoms with Crippen LogP contribution in [-0.2, 0) is 14.3 Å². The fourth-order valence-corrected chi connectivity index (χ4v) is 2.77. The van der Waals surface area contributed by atoms with Crippen molar-refractivity contribution in [1.82, 2.24) is 4.90 Å². The average molecular weight is 331 g/mol. The molecule has 0 amide bonds. The highest BCUT2D eigenvalue weighted by molar-refractivity contribution is 5.71. The van der Waals surface area contributed by atoms with Crippen molar-refractivity contribution in [1.29, 1.82) is 0 Å². The van der Waals surface area contributed by atoms with Gasteiger partial charge < -0.3 is 14.4 Å². The molecule has 0 unspecified atom stereocenters. The van der Waals surface area contributed by atoms with E-state index in [1.54, 1.807) is 0 Å². The van der Waals surface area contributed by atoms with E-state index in [1.807, 2.05) is 39.0 Å². The van der Waals surface area contributed by atoms with Crippen LogP contribution in [0.15, 0.2) is 36.4 Å². The van der Waals surface area contributed by atoms with E-state index in [-0.39, 0.29) is 11.9 Å². The van der Waals surface area contributed by atoms with Gasteiger partial charge in [-0.3, -0.25) is 4.79 Å². The Hall–Kier alpha value is -1.81. The lowest BCUT2D eigenvalue weighted by Crippen LogP contribution is -2.35. The Bertz CT molecular complexity index is 554. The van der Waals surface area contributed by atoms with Crippen LogP contribution in [0, 0.1) is 5.92 Å². The summed E-state index contributed by atoms with van der Waals surface area (Å²) in [6, 6.07) is 10.3. The van der Waals surface area contributed by atoms with Crippen molar-refractivity contribution in [2.45, 2.75) is 39.7 Å². The van der Waals surface area contributed by atoms with Gasteiger partial charge in [-0.25, -0.2) is 0 Å². The smallest absolute Gasteiger partial charge is 0.306 e. The van der Waals surface area contributed by atoms with Crippen LogP contribution in [0.1, 0.15) is 39.7 Å². The number of hydrogen-bond donors (Lipinski definition) is 0. The molecule has 1 aliphatic rings. The van der Waals surface area contributed by atoms with E-state index in [0.717, 1.165) is 26.3 Å². The molecule has 1 aromatic rings. The largest absolute Gasteiger partial charge is 0.460 e. The zero-order valence-electron chi connectivity index (χ0n) is 15.2. The molecule has 2 rings (SSSR count). The van der Waals surface area contributed by atoms with Gasteiger partial charge in [0.05, 0.1) is 19.6 Å². The monoisotopic (exact) mass is 331 g/mol. The van der Waals surface area contributed by atoms with E-state index in [1.165, 1.54) is 11.3 Å². The van der Waals surface area contributed by atoms with Crippen molar-refractivity contribution in [3.8, 4) is 0 Å². The van der Waals surface area contributed by atoms with Gasteiger partial charge in [-0.1, -0.05) is 43.3 Å². The third-order valence-electron chi connectivity index (χ3n) is 3.77. The third-order valence-corrected chi connectivity index (χ3v) is 3.77. The molecule has 1 saturated heterocycles. The lowest BCUT2D eigenvalue weighted by molar-refractivity contribution is -0.155. The third kappa shape index (κ3) is 6.00. The van der Waals surface area contributed by atoms with Crippen LogP contribution in [0.3, 0.4) is 0 Å². The van der Waals surface area contributed by atoms with E-state index in [4.69, 9.17) is 9.47 Å². The molecule has 1 aliphatic heterocycles. The molecule has 1 heterocycles. The maximum absolute atomic E-state index is 12.1. The highest BCUT2D eigenvalue weighted by Gasteiger charge is 2.20. The number of morpholine rings is 1. The fourth-order valence-electron chi connectivity index (χ4n) is 2.77. The number of carbonyl (C=O) groups is 1. The Morgan fingerprint density at radius 2 is 1.88 bits per heavy atom. The van der Waals surface area contributed by atoms with E-state index in [0.29, 0.717) is 6.42 Å². The topological polar surface area (TPSA) is 38.8 Å². The second-order valence-corrected chi connectivity index (χ2v) is 7.29. The summed E-state index contributed by atoms with van der Waals surface area (Å²) in [5, 5.41) is 0. The highest BCUT2D eigenvalue weighted by Crippen LogP contribution is 2.24. The maximum atomic E-state index is 12.1. The molecule has 0 N–H and O–H groups in total. The summed E-state index contributed by atoms with van der Waals surface area (Å²) >= 11 is 0. The number of nitrogens with zero attached hydrogens (tertiary/aromatic N) is 1. The van der Waals surface area contributed by atoms with E-state index in [2.05, 4.69) is 30.0 Å². The van der Waals surface area contributed by atoms with Crippen molar-refractivity contribution < 1.29 is 14.3 Å². The van der Waals surface area contributed by atoms with Crippen LogP contribution >= 0.6 is 0 Å². The molecule has 0 bridgehead atoms. The summed E-state index contributed by atoms with van der Waals surface area (Å²) in [4.78, 5) is 14.4. The molecule has 132 valence electrons. The van der Waals surface area contributed by atoms with Crippen molar-refractivity contribution in [3.05, 3.63) is 42.0 Å². The van der Waals surface area contributed by atoms with Crippen LogP contribution in [0.4, 0.5) is 0 Å². The molecule has 0 radical (unpaired) electrons. The van der Waals surface area contributed by atoms with E-state index in [9.17, 15) is 4.79 Å². The second kappa shape index (κ2) is 8.34. The van der Waals surface area contributed by atoms with Gasteiger partial charge in [0.1, 0.15) is 5.60 Å². The first-order chi connectivity index (χ1) is 11.3. The Balaban J connectivity index is 2.13. The van der Waals surface area contributed by atoms with E-state index < -0.39 is 5.60 Å². The minimum Gasteiger partial charge on any atom is -0.460 e. The zero-order chi connectivity index (χ0) is 17.6. The molecular weight excluding hydrogens is 302 g/mol. The van der Waals surface area contributed by atoms with Crippen molar-refractivity contribution in [3.63, 3.8) is 0 Å². The van der Waals surface area contributed by atoms with Gasteiger partial charge in [0.2, 0.25) is 0 Å². The molecule has 1 fully saturated rings. The number of hydrogen-bond acceptors (Lipinski definition) is 4. The molecular formula is C20H29NO3. The first-order valence-corrected chi connectivity index (χ1v) is 8.67. The van der Waals surface area contributed by atoms with Gasteiger partial charge in [-0.15, -0.1) is 0 Å². The Labute approximate surface area is 145 Å². The van der Waals surface area contributed by atoms with Crippen LogP contribution in [0.5, 0.6) is 0 Å².